The molecule has 2 aliphatic heterocycles. The van der Waals surface area contributed by atoms with Gasteiger partial charge in [-0.1, -0.05) is 36.8 Å². The molecular weight excluding hydrogens is 284 g/mol. The second-order valence-corrected chi connectivity index (χ2v) is 7.62. The Labute approximate surface area is 139 Å². The molecule has 3 aliphatic rings. The fourth-order valence-corrected chi connectivity index (χ4v) is 5.08. The SMILES string of the molecule is O=C(CCC1CCNC1)N1CC(c2ccccc2)C2CCCC21. The van der Waals surface area contributed by atoms with Crippen LogP contribution in [0.3, 0.4) is 0 Å². The highest BCUT2D eigenvalue weighted by atomic mass is 16.2. The molecule has 1 amide bonds. The molecule has 1 aromatic carbocycles. The lowest BCUT2D eigenvalue weighted by Gasteiger charge is -2.24. The minimum atomic E-state index is 0.409. The fraction of sp³-hybridized carbons (Fsp3) is 0.650. The molecule has 0 aromatic heterocycles. The number of hydrogen-bond donors (Lipinski definition) is 1. The van der Waals surface area contributed by atoms with Crippen LogP contribution < -0.4 is 5.32 Å². The molecule has 2 heterocycles. The highest BCUT2D eigenvalue weighted by molar-refractivity contribution is 5.77. The van der Waals surface area contributed by atoms with Gasteiger partial charge in [0.1, 0.15) is 0 Å². The lowest BCUT2D eigenvalue weighted by atomic mass is 9.87. The zero-order valence-corrected chi connectivity index (χ0v) is 13.9. The zero-order valence-electron chi connectivity index (χ0n) is 13.9. The summed E-state index contributed by atoms with van der Waals surface area (Å²) in [7, 11) is 0. The standard InChI is InChI=1S/C20H28N2O/c23-20(10-9-15-11-12-21-13-15)22-14-18(16-5-2-1-3-6-16)17-7-4-8-19(17)22/h1-3,5-6,15,17-19,21H,4,7-14H2. The summed E-state index contributed by atoms with van der Waals surface area (Å²) < 4.78 is 0. The molecule has 1 saturated carbocycles. The third kappa shape index (κ3) is 3.03. The van der Waals surface area contributed by atoms with E-state index < -0.39 is 0 Å². The second-order valence-electron chi connectivity index (χ2n) is 7.62. The van der Waals surface area contributed by atoms with E-state index in [0.29, 0.717) is 29.7 Å². The summed E-state index contributed by atoms with van der Waals surface area (Å²) in [5.41, 5.74) is 1.43. The van der Waals surface area contributed by atoms with Crippen molar-refractivity contribution in [3.63, 3.8) is 0 Å². The van der Waals surface area contributed by atoms with Crippen molar-refractivity contribution < 1.29 is 4.79 Å². The van der Waals surface area contributed by atoms with Gasteiger partial charge in [-0.25, -0.2) is 0 Å². The molecule has 3 nitrogen and oxygen atoms in total. The summed E-state index contributed by atoms with van der Waals surface area (Å²) in [4.78, 5) is 15.1. The lowest BCUT2D eigenvalue weighted by Crippen LogP contribution is -2.36. The number of carbonyl (C=O) groups is 1. The number of amides is 1. The van der Waals surface area contributed by atoms with Crippen LogP contribution in [-0.4, -0.2) is 36.5 Å². The van der Waals surface area contributed by atoms with Crippen LogP contribution in [0, 0.1) is 11.8 Å². The van der Waals surface area contributed by atoms with E-state index in [0.717, 1.165) is 32.5 Å². The number of nitrogens with zero attached hydrogens (tertiary/aromatic N) is 1. The smallest absolute Gasteiger partial charge is 0.222 e. The number of carbonyl (C=O) groups excluding carboxylic acids is 1. The molecule has 0 spiro atoms. The molecule has 4 atom stereocenters. The lowest BCUT2D eigenvalue weighted by molar-refractivity contribution is -0.132. The highest BCUT2D eigenvalue weighted by Gasteiger charge is 2.46. The Hall–Kier alpha value is -1.35. The van der Waals surface area contributed by atoms with Gasteiger partial charge in [0.2, 0.25) is 5.91 Å². The van der Waals surface area contributed by atoms with Gasteiger partial charge in [0.25, 0.3) is 0 Å². The van der Waals surface area contributed by atoms with Gasteiger partial charge in [0.15, 0.2) is 0 Å². The van der Waals surface area contributed by atoms with Crippen molar-refractivity contribution >= 4 is 5.91 Å². The summed E-state index contributed by atoms with van der Waals surface area (Å²) in [6.07, 6.45) is 6.85. The molecule has 3 heteroatoms. The van der Waals surface area contributed by atoms with E-state index in [4.69, 9.17) is 0 Å². The van der Waals surface area contributed by atoms with Crippen molar-refractivity contribution in [2.45, 2.75) is 50.5 Å². The van der Waals surface area contributed by atoms with Crippen molar-refractivity contribution in [1.82, 2.24) is 10.2 Å². The number of nitrogens with one attached hydrogen (secondary N) is 1. The van der Waals surface area contributed by atoms with Crippen LogP contribution in [0.4, 0.5) is 0 Å². The predicted molar refractivity (Wildman–Crippen MR) is 92.2 cm³/mol. The molecule has 23 heavy (non-hydrogen) atoms. The third-order valence-electron chi connectivity index (χ3n) is 6.32. The minimum absolute atomic E-state index is 0.409. The van der Waals surface area contributed by atoms with E-state index >= 15 is 0 Å². The largest absolute Gasteiger partial charge is 0.339 e. The average molecular weight is 312 g/mol. The van der Waals surface area contributed by atoms with E-state index in [2.05, 4.69) is 40.5 Å². The number of likely N-dealkylation sites (tertiary alicyclic amines) is 1. The van der Waals surface area contributed by atoms with Crippen LogP contribution in [0.5, 0.6) is 0 Å². The Balaban J connectivity index is 1.43. The maximum Gasteiger partial charge on any atom is 0.222 e. The maximum absolute atomic E-state index is 12.8. The van der Waals surface area contributed by atoms with E-state index in [1.807, 2.05) is 0 Å². The van der Waals surface area contributed by atoms with Crippen molar-refractivity contribution in [1.29, 1.82) is 0 Å². The zero-order chi connectivity index (χ0) is 15.6. The van der Waals surface area contributed by atoms with E-state index in [1.54, 1.807) is 0 Å². The van der Waals surface area contributed by atoms with Gasteiger partial charge >= 0.3 is 0 Å². The van der Waals surface area contributed by atoms with Gasteiger partial charge in [-0.05, 0) is 56.2 Å². The first kappa shape index (κ1) is 15.2. The van der Waals surface area contributed by atoms with E-state index in [9.17, 15) is 4.79 Å². The van der Waals surface area contributed by atoms with E-state index in [-0.39, 0.29) is 0 Å². The molecule has 3 fully saturated rings. The molecular formula is C20H28N2O. The van der Waals surface area contributed by atoms with Crippen LogP contribution in [0.1, 0.15) is 50.0 Å². The molecule has 1 aliphatic carbocycles. The third-order valence-corrected chi connectivity index (χ3v) is 6.32. The normalized spacial score (nSPS) is 33.1. The van der Waals surface area contributed by atoms with Crippen molar-refractivity contribution in [2.75, 3.05) is 19.6 Å². The first-order valence-electron chi connectivity index (χ1n) is 9.38. The summed E-state index contributed by atoms with van der Waals surface area (Å²) in [5, 5.41) is 3.41. The Morgan fingerprint density at radius 3 is 2.83 bits per heavy atom. The first-order chi connectivity index (χ1) is 11.3. The number of hydrogen-bond acceptors (Lipinski definition) is 2. The molecule has 1 aromatic rings. The second kappa shape index (κ2) is 6.64. The first-order valence-corrected chi connectivity index (χ1v) is 9.38. The molecule has 2 saturated heterocycles. The summed E-state index contributed by atoms with van der Waals surface area (Å²) in [6, 6.07) is 11.4. The Morgan fingerprint density at radius 2 is 2.04 bits per heavy atom. The van der Waals surface area contributed by atoms with Gasteiger partial charge in [-0.15, -0.1) is 0 Å². The van der Waals surface area contributed by atoms with Crippen LogP contribution in [0.15, 0.2) is 30.3 Å². The Kier molecular flexibility index (Phi) is 4.39. The molecule has 4 rings (SSSR count). The summed E-state index contributed by atoms with van der Waals surface area (Å²) in [5.74, 6) is 2.37. The van der Waals surface area contributed by atoms with Crippen LogP contribution >= 0.6 is 0 Å². The van der Waals surface area contributed by atoms with Gasteiger partial charge in [-0.3, -0.25) is 4.79 Å². The minimum Gasteiger partial charge on any atom is -0.339 e. The molecule has 0 radical (unpaired) electrons. The number of fused-ring (bicyclic) bond motifs is 1. The van der Waals surface area contributed by atoms with Crippen molar-refractivity contribution in [2.24, 2.45) is 11.8 Å². The van der Waals surface area contributed by atoms with Gasteiger partial charge in [-0.2, -0.15) is 0 Å². The fourth-order valence-electron chi connectivity index (χ4n) is 5.08. The van der Waals surface area contributed by atoms with Crippen LogP contribution in [0.25, 0.3) is 0 Å². The van der Waals surface area contributed by atoms with Crippen LogP contribution in [-0.2, 0) is 4.79 Å². The van der Waals surface area contributed by atoms with Gasteiger partial charge in [0.05, 0.1) is 0 Å². The number of rotatable bonds is 4. The molecule has 4 unspecified atom stereocenters. The topological polar surface area (TPSA) is 32.3 Å². The van der Waals surface area contributed by atoms with E-state index in [1.165, 1.54) is 31.2 Å². The highest BCUT2D eigenvalue weighted by Crippen LogP contribution is 2.46. The van der Waals surface area contributed by atoms with Crippen molar-refractivity contribution in [3.05, 3.63) is 35.9 Å². The quantitative estimate of drug-likeness (QED) is 0.926. The Morgan fingerprint density at radius 1 is 1.17 bits per heavy atom. The monoisotopic (exact) mass is 312 g/mol. The summed E-state index contributed by atoms with van der Waals surface area (Å²) in [6.45, 7) is 3.18. The maximum atomic E-state index is 12.8. The molecule has 1 N–H and O–H groups in total. The van der Waals surface area contributed by atoms with Gasteiger partial charge < -0.3 is 10.2 Å². The average Bonchev–Trinajstić information content (AvgIpc) is 3.30. The van der Waals surface area contributed by atoms with Gasteiger partial charge in [0, 0.05) is 24.9 Å². The molecule has 124 valence electrons. The van der Waals surface area contributed by atoms with Crippen molar-refractivity contribution in [3.8, 4) is 0 Å². The predicted octanol–water partition coefficient (Wildman–Crippen LogP) is 3.17. The number of benzene rings is 1. The van der Waals surface area contributed by atoms with Crippen LogP contribution in [0.2, 0.25) is 0 Å². The Bertz CT molecular complexity index is 538. The molecule has 0 bridgehead atoms. The summed E-state index contributed by atoms with van der Waals surface area (Å²) >= 11 is 0.